The number of halogens is 2. The second-order valence-electron chi connectivity index (χ2n) is 6.47. The van der Waals surface area contributed by atoms with Crippen molar-refractivity contribution < 1.29 is 9.18 Å². The van der Waals surface area contributed by atoms with Gasteiger partial charge in [-0.2, -0.15) is 0 Å². The van der Waals surface area contributed by atoms with E-state index >= 15 is 0 Å². The largest absolute Gasteiger partial charge is 0.337 e. The van der Waals surface area contributed by atoms with Crippen molar-refractivity contribution in [3.8, 4) is 0 Å². The molecule has 0 spiro atoms. The molecule has 0 unspecified atom stereocenters. The number of amides is 1. The van der Waals surface area contributed by atoms with E-state index in [4.69, 9.17) is 11.6 Å². The quantitative estimate of drug-likeness (QED) is 0.787. The Bertz CT molecular complexity index is 779. The van der Waals surface area contributed by atoms with Gasteiger partial charge in [-0.1, -0.05) is 54.1 Å². The SMILES string of the molecule is O=C1CCN(CC(Cl)=Cc2ccccc2)CCN1Cc1cccc(F)c1. The number of benzene rings is 2. The normalized spacial score (nSPS) is 16.6. The maximum absolute atomic E-state index is 13.4. The fourth-order valence-corrected chi connectivity index (χ4v) is 3.38. The standard InChI is InChI=1S/C21H22ClFN2O/c22-19(13-17-5-2-1-3-6-17)16-24-10-9-21(26)25(12-11-24)15-18-7-4-8-20(23)14-18/h1-8,13-14H,9-12,15-16H2. The fourth-order valence-electron chi connectivity index (χ4n) is 3.08. The third-order valence-electron chi connectivity index (χ3n) is 4.44. The van der Waals surface area contributed by atoms with Gasteiger partial charge >= 0.3 is 0 Å². The monoisotopic (exact) mass is 372 g/mol. The molecule has 0 aliphatic carbocycles. The molecule has 3 rings (SSSR count). The van der Waals surface area contributed by atoms with E-state index in [0.717, 1.165) is 22.7 Å². The summed E-state index contributed by atoms with van der Waals surface area (Å²) in [4.78, 5) is 16.4. The summed E-state index contributed by atoms with van der Waals surface area (Å²) in [5.41, 5.74) is 1.88. The average Bonchev–Trinajstić information content (AvgIpc) is 2.79. The number of hydrogen-bond donors (Lipinski definition) is 0. The molecule has 0 aromatic heterocycles. The summed E-state index contributed by atoms with van der Waals surface area (Å²) < 4.78 is 13.4. The van der Waals surface area contributed by atoms with Gasteiger partial charge in [0.15, 0.2) is 0 Å². The van der Waals surface area contributed by atoms with E-state index < -0.39 is 0 Å². The van der Waals surface area contributed by atoms with Crippen LogP contribution in [0.2, 0.25) is 0 Å². The van der Waals surface area contributed by atoms with E-state index in [1.54, 1.807) is 11.0 Å². The molecule has 0 N–H and O–H groups in total. The Morgan fingerprint density at radius 3 is 2.65 bits per heavy atom. The van der Waals surface area contributed by atoms with Crippen LogP contribution in [0.25, 0.3) is 6.08 Å². The van der Waals surface area contributed by atoms with E-state index in [-0.39, 0.29) is 11.7 Å². The highest BCUT2D eigenvalue weighted by molar-refractivity contribution is 6.31. The molecule has 1 aliphatic rings. The van der Waals surface area contributed by atoms with Gasteiger partial charge in [-0.05, 0) is 29.3 Å². The van der Waals surface area contributed by atoms with Gasteiger partial charge in [-0.15, -0.1) is 0 Å². The Morgan fingerprint density at radius 2 is 1.88 bits per heavy atom. The average molecular weight is 373 g/mol. The molecule has 5 heteroatoms. The molecule has 1 heterocycles. The van der Waals surface area contributed by atoms with Gasteiger partial charge in [0.2, 0.25) is 5.91 Å². The molecule has 1 aliphatic heterocycles. The molecule has 3 nitrogen and oxygen atoms in total. The van der Waals surface area contributed by atoms with Crippen LogP contribution < -0.4 is 0 Å². The number of hydrogen-bond acceptors (Lipinski definition) is 2. The maximum atomic E-state index is 13.4. The van der Waals surface area contributed by atoms with Gasteiger partial charge in [-0.3, -0.25) is 9.69 Å². The zero-order chi connectivity index (χ0) is 18.4. The van der Waals surface area contributed by atoms with E-state index in [0.29, 0.717) is 32.6 Å². The molecule has 0 radical (unpaired) electrons. The van der Waals surface area contributed by atoms with Crippen LogP contribution in [0.5, 0.6) is 0 Å². The van der Waals surface area contributed by atoms with Gasteiger partial charge in [0.25, 0.3) is 0 Å². The van der Waals surface area contributed by atoms with Gasteiger partial charge in [0, 0.05) is 44.2 Å². The lowest BCUT2D eigenvalue weighted by molar-refractivity contribution is -0.130. The molecule has 2 aromatic rings. The molecule has 1 amide bonds. The second kappa shape index (κ2) is 8.97. The topological polar surface area (TPSA) is 23.6 Å². The summed E-state index contributed by atoms with van der Waals surface area (Å²) in [6.45, 7) is 3.11. The third-order valence-corrected chi connectivity index (χ3v) is 4.67. The van der Waals surface area contributed by atoms with Crippen LogP contribution in [-0.2, 0) is 11.3 Å². The van der Waals surface area contributed by atoms with Crippen LogP contribution in [0, 0.1) is 5.82 Å². The molecule has 136 valence electrons. The van der Waals surface area contributed by atoms with Gasteiger partial charge in [0.1, 0.15) is 5.82 Å². The van der Waals surface area contributed by atoms with Crippen molar-refractivity contribution in [3.05, 3.63) is 76.6 Å². The minimum Gasteiger partial charge on any atom is -0.337 e. The zero-order valence-electron chi connectivity index (χ0n) is 14.6. The summed E-state index contributed by atoms with van der Waals surface area (Å²) >= 11 is 6.40. The van der Waals surface area contributed by atoms with Crippen molar-refractivity contribution in [3.63, 3.8) is 0 Å². The first-order chi connectivity index (χ1) is 12.6. The highest BCUT2D eigenvalue weighted by Crippen LogP contribution is 2.15. The van der Waals surface area contributed by atoms with Crippen LogP contribution in [0.1, 0.15) is 17.5 Å². The lowest BCUT2D eigenvalue weighted by Crippen LogP contribution is -2.33. The van der Waals surface area contributed by atoms with Crippen molar-refractivity contribution in [2.45, 2.75) is 13.0 Å². The van der Waals surface area contributed by atoms with Crippen LogP contribution >= 0.6 is 11.6 Å². The lowest BCUT2D eigenvalue weighted by Gasteiger charge is -2.22. The van der Waals surface area contributed by atoms with Gasteiger partial charge in [0.05, 0.1) is 0 Å². The number of carbonyl (C=O) groups is 1. The highest BCUT2D eigenvalue weighted by Gasteiger charge is 2.21. The van der Waals surface area contributed by atoms with Crippen molar-refractivity contribution in [1.82, 2.24) is 9.80 Å². The molecule has 26 heavy (non-hydrogen) atoms. The maximum Gasteiger partial charge on any atom is 0.224 e. The van der Waals surface area contributed by atoms with E-state index in [1.165, 1.54) is 12.1 Å². The molecular weight excluding hydrogens is 351 g/mol. The molecule has 0 atom stereocenters. The molecule has 0 bridgehead atoms. The molecule has 1 saturated heterocycles. The van der Waals surface area contributed by atoms with Crippen LogP contribution in [-0.4, -0.2) is 41.9 Å². The first-order valence-electron chi connectivity index (χ1n) is 8.76. The summed E-state index contributed by atoms with van der Waals surface area (Å²) in [7, 11) is 0. The molecule has 0 saturated carbocycles. The summed E-state index contributed by atoms with van der Waals surface area (Å²) in [6.07, 6.45) is 2.41. The predicted molar refractivity (Wildman–Crippen MR) is 103 cm³/mol. The Hall–Kier alpha value is -2.17. The number of rotatable bonds is 5. The van der Waals surface area contributed by atoms with Crippen LogP contribution in [0.4, 0.5) is 4.39 Å². The fraction of sp³-hybridized carbons (Fsp3) is 0.286. The van der Waals surface area contributed by atoms with Crippen molar-refractivity contribution in [2.24, 2.45) is 0 Å². The van der Waals surface area contributed by atoms with Gasteiger partial charge < -0.3 is 4.90 Å². The smallest absolute Gasteiger partial charge is 0.224 e. The summed E-state index contributed by atoms with van der Waals surface area (Å²) in [5.74, 6) is -0.177. The summed E-state index contributed by atoms with van der Waals surface area (Å²) in [5, 5.41) is 0.752. The van der Waals surface area contributed by atoms with Crippen molar-refractivity contribution >= 4 is 23.6 Å². The van der Waals surface area contributed by atoms with Crippen molar-refractivity contribution in [2.75, 3.05) is 26.2 Å². The lowest BCUT2D eigenvalue weighted by atomic mass is 10.2. The first-order valence-corrected chi connectivity index (χ1v) is 9.13. The molecular formula is C21H22ClFN2O. The first kappa shape index (κ1) is 18.6. The Labute approximate surface area is 158 Å². The minimum absolute atomic E-state index is 0.0972. The zero-order valence-corrected chi connectivity index (χ0v) is 15.3. The third kappa shape index (κ3) is 5.41. The van der Waals surface area contributed by atoms with Crippen LogP contribution in [0.3, 0.4) is 0 Å². The Morgan fingerprint density at radius 1 is 1.08 bits per heavy atom. The molecule has 2 aromatic carbocycles. The number of carbonyl (C=O) groups excluding carboxylic acids is 1. The summed E-state index contributed by atoms with van der Waals surface area (Å²) in [6, 6.07) is 16.4. The van der Waals surface area contributed by atoms with Crippen LogP contribution in [0.15, 0.2) is 59.6 Å². The Balaban J connectivity index is 1.58. The minimum atomic E-state index is -0.274. The second-order valence-corrected chi connectivity index (χ2v) is 6.96. The highest BCUT2D eigenvalue weighted by atomic mass is 35.5. The predicted octanol–water partition coefficient (Wildman–Crippen LogP) is 4.14. The van der Waals surface area contributed by atoms with E-state index in [9.17, 15) is 9.18 Å². The molecule has 1 fully saturated rings. The van der Waals surface area contributed by atoms with E-state index in [2.05, 4.69) is 4.90 Å². The number of nitrogens with zero attached hydrogens (tertiary/aromatic N) is 2. The van der Waals surface area contributed by atoms with Gasteiger partial charge in [-0.25, -0.2) is 4.39 Å². The van der Waals surface area contributed by atoms with Crippen molar-refractivity contribution in [1.29, 1.82) is 0 Å². The van der Waals surface area contributed by atoms with E-state index in [1.807, 2.05) is 42.5 Å². The Kier molecular flexibility index (Phi) is 6.42.